The Morgan fingerprint density at radius 1 is 1.50 bits per heavy atom. The first-order valence-corrected chi connectivity index (χ1v) is 5.43. The molecule has 0 spiro atoms. The van der Waals surface area contributed by atoms with Crippen LogP contribution in [-0.2, 0) is 4.79 Å². The van der Waals surface area contributed by atoms with Gasteiger partial charge >= 0.3 is 5.97 Å². The summed E-state index contributed by atoms with van der Waals surface area (Å²) in [5.74, 6) is -0.888. The van der Waals surface area contributed by atoms with Crippen LogP contribution in [0.5, 0.6) is 0 Å². The van der Waals surface area contributed by atoms with Crippen LogP contribution in [-0.4, -0.2) is 17.1 Å². The molecule has 0 saturated heterocycles. The molecule has 0 aliphatic rings. The predicted octanol–water partition coefficient (Wildman–Crippen LogP) is 2.39. The monoisotopic (exact) mass is 201 g/mol. The molecule has 0 radical (unpaired) electrons. The summed E-state index contributed by atoms with van der Waals surface area (Å²) < 4.78 is 0. The van der Waals surface area contributed by atoms with Gasteiger partial charge in [-0.25, -0.2) is 0 Å². The Morgan fingerprint density at radius 3 is 2.43 bits per heavy atom. The van der Waals surface area contributed by atoms with Crippen LogP contribution in [0.3, 0.4) is 0 Å². The second-order valence-corrected chi connectivity index (χ2v) is 4.42. The first-order valence-electron chi connectivity index (χ1n) is 5.43. The Balaban J connectivity index is 4.16. The van der Waals surface area contributed by atoms with Crippen molar-refractivity contribution in [2.45, 2.75) is 58.9 Å². The molecule has 14 heavy (non-hydrogen) atoms. The first kappa shape index (κ1) is 13.4. The van der Waals surface area contributed by atoms with Gasteiger partial charge in [-0.2, -0.15) is 0 Å². The number of unbranched alkanes of at least 4 members (excludes halogenated alkanes) is 1. The largest absolute Gasteiger partial charge is 0.480 e. The molecule has 0 aromatic heterocycles. The van der Waals surface area contributed by atoms with Crippen LogP contribution >= 0.6 is 0 Å². The van der Waals surface area contributed by atoms with Crippen molar-refractivity contribution < 1.29 is 9.90 Å². The molecule has 0 aromatic rings. The number of aliphatic carboxylic acids is 1. The number of hydrogen-bond donors (Lipinski definition) is 2. The predicted molar refractivity (Wildman–Crippen MR) is 58.2 cm³/mol. The van der Waals surface area contributed by atoms with Crippen LogP contribution < -0.4 is 5.73 Å². The zero-order valence-electron chi connectivity index (χ0n) is 9.55. The van der Waals surface area contributed by atoms with E-state index < -0.39 is 12.0 Å². The molecule has 0 aliphatic heterocycles. The topological polar surface area (TPSA) is 63.3 Å². The number of carbonyl (C=O) groups is 1. The molecule has 3 N–H and O–H groups in total. The lowest BCUT2D eigenvalue weighted by Gasteiger charge is -2.29. The smallest absolute Gasteiger partial charge is 0.320 e. The van der Waals surface area contributed by atoms with Gasteiger partial charge in [-0.1, -0.05) is 40.0 Å². The van der Waals surface area contributed by atoms with E-state index in [-0.39, 0.29) is 5.41 Å². The second-order valence-electron chi connectivity index (χ2n) is 4.42. The summed E-state index contributed by atoms with van der Waals surface area (Å²) in [4.78, 5) is 10.6. The van der Waals surface area contributed by atoms with Crippen LogP contribution in [0.1, 0.15) is 52.9 Å². The fourth-order valence-electron chi connectivity index (χ4n) is 1.64. The molecule has 0 bridgehead atoms. The van der Waals surface area contributed by atoms with E-state index in [0.29, 0.717) is 6.42 Å². The van der Waals surface area contributed by atoms with Gasteiger partial charge in [0, 0.05) is 0 Å². The summed E-state index contributed by atoms with van der Waals surface area (Å²) >= 11 is 0. The van der Waals surface area contributed by atoms with Gasteiger partial charge in [0.1, 0.15) is 6.04 Å². The molecule has 84 valence electrons. The standard InChI is InChI=1S/C11H23NO2/c1-4-6-7-11(3,5-2)8-9(12)10(13)14/h9H,4-8,12H2,1-3H3,(H,13,14)/t9-,11?/m0/s1. The fraction of sp³-hybridized carbons (Fsp3) is 0.909. The Hall–Kier alpha value is -0.570. The van der Waals surface area contributed by atoms with E-state index >= 15 is 0 Å². The summed E-state index contributed by atoms with van der Waals surface area (Å²) in [6.07, 6.45) is 4.95. The fourth-order valence-corrected chi connectivity index (χ4v) is 1.64. The van der Waals surface area contributed by atoms with Crippen molar-refractivity contribution in [3.8, 4) is 0 Å². The lowest BCUT2D eigenvalue weighted by atomic mass is 9.77. The third-order valence-electron chi connectivity index (χ3n) is 3.02. The normalized spacial score (nSPS) is 17.4. The maximum atomic E-state index is 10.6. The van der Waals surface area contributed by atoms with Gasteiger partial charge in [0.25, 0.3) is 0 Å². The summed E-state index contributed by atoms with van der Waals surface area (Å²) in [5, 5.41) is 8.74. The molecule has 0 saturated carbocycles. The molecule has 0 fully saturated rings. The van der Waals surface area contributed by atoms with Gasteiger partial charge < -0.3 is 10.8 Å². The molecule has 3 heteroatoms. The van der Waals surface area contributed by atoms with Crippen molar-refractivity contribution in [3.05, 3.63) is 0 Å². The van der Waals surface area contributed by atoms with Gasteiger partial charge in [-0.3, -0.25) is 4.79 Å². The van der Waals surface area contributed by atoms with Crippen LogP contribution in [0.15, 0.2) is 0 Å². The van der Waals surface area contributed by atoms with E-state index in [1.54, 1.807) is 0 Å². The minimum Gasteiger partial charge on any atom is -0.480 e. The number of carboxylic acids is 1. The molecular formula is C11H23NO2. The van der Waals surface area contributed by atoms with Crippen LogP contribution in [0.2, 0.25) is 0 Å². The van der Waals surface area contributed by atoms with Gasteiger partial charge in [0.2, 0.25) is 0 Å². The van der Waals surface area contributed by atoms with Crippen molar-refractivity contribution >= 4 is 5.97 Å². The van der Waals surface area contributed by atoms with Gasteiger partial charge in [0.15, 0.2) is 0 Å². The van der Waals surface area contributed by atoms with E-state index in [2.05, 4.69) is 20.8 Å². The SMILES string of the molecule is CCCCC(C)(CC)C[C@H](N)C(=O)O. The Bertz CT molecular complexity index is 182. The number of rotatable bonds is 7. The molecule has 3 nitrogen and oxygen atoms in total. The average Bonchev–Trinajstić information content (AvgIpc) is 2.14. The quantitative estimate of drug-likeness (QED) is 0.664. The van der Waals surface area contributed by atoms with Crippen molar-refractivity contribution in [3.63, 3.8) is 0 Å². The van der Waals surface area contributed by atoms with Gasteiger partial charge in [-0.05, 0) is 18.3 Å². The van der Waals surface area contributed by atoms with E-state index in [9.17, 15) is 4.79 Å². The van der Waals surface area contributed by atoms with E-state index in [1.165, 1.54) is 0 Å². The maximum absolute atomic E-state index is 10.6. The highest BCUT2D eigenvalue weighted by Crippen LogP contribution is 2.32. The molecule has 2 atom stereocenters. The lowest BCUT2D eigenvalue weighted by Crippen LogP contribution is -2.36. The highest BCUT2D eigenvalue weighted by molar-refractivity contribution is 5.73. The summed E-state index contributed by atoms with van der Waals surface area (Å²) in [5.41, 5.74) is 5.64. The molecule has 0 amide bonds. The molecule has 1 unspecified atom stereocenters. The van der Waals surface area contributed by atoms with Crippen LogP contribution in [0.25, 0.3) is 0 Å². The van der Waals surface area contributed by atoms with Crippen LogP contribution in [0.4, 0.5) is 0 Å². The summed E-state index contributed by atoms with van der Waals surface area (Å²) in [6, 6.07) is -0.711. The number of carboxylic acid groups (broad SMARTS) is 1. The van der Waals surface area contributed by atoms with E-state index in [0.717, 1.165) is 25.7 Å². The third kappa shape index (κ3) is 4.61. The minimum absolute atomic E-state index is 0.0911. The maximum Gasteiger partial charge on any atom is 0.320 e. The van der Waals surface area contributed by atoms with E-state index in [4.69, 9.17) is 10.8 Å². The van der Waals surface area contributed by atoms with Crippen molar-refractivity contribution in [1.82, 2.24) is 0 Å². The van der Waals surface area contributed by atoms with Crippen molar-refractivity contribution in [2.75, 3.05) is 0 Å². The number of hydrogen-bond acceptors (Lipinski definition) is 2. The number of nitrogens with two attached hydrogens (primary N) is 1. The molecular weight excluding hydrogens is 178 g/mol. The van der Waals surface area contributed by atoms with E-state index in [1.807, 2.05) is 0 Å². The Kier molecular flexibility index (Phi) is 5.77. The first-order chi connectivity index (χ1) is 6.45. The average molecular weight is 201 g/mol. The zero-order valence-corrected chi connectivity index (χ0v) is 9.55. The highest BCUT2D eigenvalue weighted by atomic mass is 16.4. The summed E-state index contributed by atoms with van der Waals surface area (Å²) in [6.45, 7) is 6.38. The molecule has 0 aromatic carbocycles. The lowest BCUT2D eigenvalue weighted by molar-refractivity contribution is -0.139. The zero-order chi connectivity index (χ0) is 11.2. The van der Waals surface area contributed by atoms with Crippen LogP contribution in [0, 0.1) is 5.41 Å². The molecule has 0 aliphatic carbocycles. The summed E-state index contributed by atoms with van der Waals surface area (Å²) in [7, 11) is 0. The van der Waals surface area contributed by atoms with Crippen molar-refractivity contribution in [1.29, 1.82) is 0 Å². The van der Waals surface area contributed by atoms with Gasteiger partial charge in [-0.15, -0.1) is 0 Å². The minimum atomic E-state index is -0.888. The third-order valence-corrected chi connectivity index (χ3v) is 3.02. The molecule has 0 rings (SSSR count). The Labute approximate surface area is 86.7 Å². The second kappa shape index (κ2) is 6.02. The molecule has 0 heterocycles. The van der Waals surface area contributed by atoms with Crippen molar-refractivity contribution in [2.24, 2.45) is 11.1 Å². The van der Waals surface area contributed by atoms with Gasteiger partial charge in [0.05, 0.1) is 0 Å². The highest BCUT2D eigenvalue weighted by Gasteiger charge is 2.27. The Morgan fingerprint density at radius 2 is 2.07 bits per heavy atom.